The number of hydrogen-bond acceptors (Lipinski definition) is 4. The molecule has 4 N–H and O–H groups in total. The number of nitrogens with zero attached hydrogens (tertiary/aromatic N) is 2. The number of anilines is 2. The minimum atomic E-state index is -0.0589. The summed E-state index contributed by atoms with van der Waals surface area (Å²) < 4.78 is 0. The Labute approximate surface area is 160 Å². The molecule has 1 aliphatic heterocycles. The van der Waals surface area contributed by atoms with Crippen LogP contribution in [0.1, 0.15) is 51.0 Å². The van der Waals surface area contributed by atoms with E-state index in [-0.39, 0.29) is 30.3 Å². The van der Waals surface area contributed by atoms with Gasteiger partial charge in [-0.05, 0) is 37.2 Å². The van der Waals surface area contributed by atoms with Crippen molar-refractivity contribution in [3.05, 3.63) is 18.0 Å². The zero-order valence-corrected chi connectivity index (χ0v) is 16.2. The minimum Gasteiger partial charge on any atom is -0.369 e. The summed E-state index contributed by atoms with van der Waals surface area (Å²) in [5, 5.41) is 4.11. The monoisotopic (exact) mass is 377 g/mol. The number of amides is 1. The number of rotatable bonds is 4. The molecule has 0 radical (unpaired) electrons. The van der Waals surface area contributed by atoms with Crippen molar-refractivity contribution in [1.29, 1.82) is 0 Å². The number of fused-ring (bicyclic) bond motifs is 1. The lowest BCUT2D eigenvalue weighted by Crippen LogP contribution is -2.43. The average Bonchev–Trinajstić information content (AvgIpc) is 3.36. The number of hydrogen-bond donors (Lipinski definition) is 3. The number of halogens is 1. The van der Waals surface area contributed by atoms with Crippen LogP contribution in [0.4, 0.5) is 11.4 Å². The molecule has 7 heteroatoms. The Kier molecular flexibility index (Phi) is 5.44. The van der Waals surface area contributed by atoms with Gasteiger partial charge in [-0.2, -0.15) is 0 Å². The summed E-state index contributed by atoms with van der Waals surface area (Å²) in [6.07, 6.45) is 8.50. The number of aromatic amines is 1. The summed E-state index contributed by atoms with van der Waals surface area (Å²) in [5.74, 6) is 0.559. The standard InChI is InChI=1S/C19H27N5O.ClH/c1-11(2)19(25)23-15-9-22-18-16(15)17(14(8-21-18)12-5-6-12)24-7-3-4-13(20)10-24;/h8-9,11-13H,3-7,10,20H2,1-2H3,(H,21,22)(H,23,25);1H/t13-;/m1./s1. The predicted molar refractivity (Wildman–Crippen MR) is 108 cm³/mol. The van der Waals surface area contributed by atoms with Gasteiger partial charge in [0.1, 0.15) is 5.65 Å². The third-order valence-corrected chi connectivity index (χ3v) is 5.28. The van der Waals surface area contributed by atoms with Crippen LogP contribution in [0.25, 0.3) is 11.0 Å². The van der Waals surface area contributed by atoms with E-state index in [1.165, 1.54) is 24.1 Å². The highest BCUT2D eigenvalue weighted by Crippen LogP contribution is 2.48. The smallest absolute Gasteiger partial charge is 0.226 e. The molecule has 2 aromatic heterocycles. The molecule has 142 valence electrons. The van der Waals surface area contributed by atoms with Gasteiger partial charge in [0.25, 0.3) is 0 Å². The van der Waals surface area contributed by atoms with Crippen molar-refractivity contribution in [3.8, 4) is 0 Å². The minimum absolute atomic E-state index is 0. The molecular weight excluding hydrogens is 350 g/mol. The van der Waals surface area contributed by atoms with Crippen LogP contribution in [0, 0.1) is 5.92 Å². The average molecular weight is 378 g/mol. The lowest BCUT2D eigenvalue weighted by Gasteiger charge is -2.34. The number of aromatic nitrogens is 2. The van der Waals surface area contributed by atoms with Crippen molar-refractivity contribution in [2.24, 2.45) is 11.7 Å². The fraction of sp³-hybridized carbons (Fsp3) is 0.579. The van der Waals surface area contributed by atoms with E-state index in [4.69, 9.17) is 5.73 Å². The van der Waals surface area contributed by atoms with Crippen LogP contribution in [-0.4, -0.2) is 35.0 Å². The lowest BCUT2D eigenvalue weighted by molar-refractivity contribution is -0.118. The van der Waals surface area contributed by atoms with Crippen molar-refractivity contribution in [3.63, 3.8) is 0 Å². The molecule has 0 spiro atoms. The second-order valence-corrected chi connectivity index (χ2v) is 7.75. The molecule has 0 unspecified atom stereocenters. The number of nitrogens with one attached hydrogen (secondary N) is 2. The van der Waals surface area contributed by atoms with Gasteiger partial charge in [0, 0.05) is 37.4 Å². The summed E-state index contributed by atoms with van der Waals surface area (Å²) in [6.45, 7) is 5.68. The lowest BCUT2D eigenvalue weighted by atomic mass is 10.0. The van der Waals surface area contributed by atoms with Crippen LogP contribution < -0.4 is 16.0 Å². The Morgan fingerprint density at radius 3 is 2.81 bits per heavy atom. The van der Waals surface area contributed by atoms with Crippen LogP contribution in [0.3, 0.4) is 0 Å². The fourth-order valence-corrected chi connectivity index (χ4v) is 3.72. The van der Waals surface area contributed by atoms with E-state index in [2.05, 4.69) is 20.2 Å². The van der Waals surface area contributed by atoms with E-state index in [1.807, 2.05) is 26.2 Å². The first kappa shape index (κ1) is 19.0. The molecule has 1 atom stereocenters. The molecule has 26 heavy (non-hydrogen) atoms. The quantitative estimate of drug-likeness (QED) is 0.762. The first-order chi connectivity index (χ1) is 12.0. The molecule has 2 aliphatic rings. The summed E-state index contributed by atoms with van der Waals surface area (Å²) in [7, 11) is 0. The summed E-state index contributed by atoms with van der Waals surface area (Å²) in [6, 6.07) is 0.205. The maximum absolute atomic E-state index is 12.2. The number of carbonyl (C=O) groups is 1. The van der Waals surface area contributed by atoms with Crippen LogP contribution in [0.15, 0.2) is 12.4 Å². The van der Waals surface area contributed by atoms with Crippen LogP contribution in [0.5, 0.6) is 0 Å². The number of nitrogens with two attached hydrogens (primary N) is 1. The SMILES string of the molecule is CC(C)C(=O)Nc1c[nH]c2ncc(C3CC3)c(N3CCC[C@@H](N)C3)c12.Cl. The summed E-state index contributed by atoms with van der Waals surface area (Å²) >= 11 is 0. The first-order valence-corrected chi connectivity index (χ1v) is 9.36. The third-order valence-electron chi connectivity index (χ3n) is 5.28. The molecule has 0 bridgehead atoms. The van der Waals surface area contributed by atoms with Crippen LogP contribution >= 0.6 is 12.4 Å². The number of piperidine rings is 1. The van der Waals surface area contributed by atoms with E-state index in [9.17, 15) is 4.79 Å². The molecule has 3 heterocycles. The molecule has 1 amide bonds. The van der Waals surface area contributed by atoms with E-state index in [0.717, 1.165) is 42.7 Å². The highest BCUT2D eigenvalue weighted by Gasteiger charge is 2.32. The molecule has 2 aromatic rings. The molecule has 0 aromatic carbocycles. The third kappa shape index (κ3) is 3.53. The van der Waals surface area contributed by atoms with Gasteiger partial charge < -0.3 is 20.9 Å². The number of pyridine rings is 1. The molecule has 1 aliphatic carbocycles. The van der Waals surface area contributed by atoms with Crippen molar-refractivity contribution >= 4 is 40.7 Å². The van der Waals surface area contributed by atoms with E-state index in [0.29, 0.717) is 5.92 Å². The highest BCUT2D eigenvalue weighted by molar-refractivity contribution is 6.07. The van der Waals surface area contributed by atoms with Crippen molar-refractivity contribution in [2.75, 3.05) is 23.3 Å². The van der Waals surface area contributed by atoms with Gasteiger partial charge in [0.05, 0.1) is 16.8 Å². The normalized spacial score (nSPS) is 20.3. The zero-order valence-electron chi connectivity index (χ0n) is 15.4. The second kappa shape index (κ2) is 7.45. The van der Waals surface area contributed by atoms with Gasteiger partial charge in [-0.25, -0.2) is 4.98 Å². The van der Waals surface area contributed by atoms with Gasteiger partial charge in [0.2, 0.25) is 5.91 Å². The fourth-order valence-electron chi connectivity index (χ4n) is 3.72. The Morgan fingerprint density at radius 2 is 2.15 bits per heavy atom. The van der Waals surface area contributed by atoms with Crippen molar-refractivity contribution < 1.29 is 4.79 Å². The van der Waals surface area contributed by atoms with Gasteiger partial charge in [-0.1, -0.05) is 13.8 Å². The Bertz CT molecular complexity index is 799. The van der Waals surface area contributed by atoms with E-state index < -0.39 is 0 Å². The first-order valence-electron chi connectivity index (χ1n) is 9.36. The van der Waals surface area contributed by atoms with Gasteiger partial charge >= 0.3 is 0 Å². The van der Waals surface area contributed by atoms with Crippen LogP contribution in [-0.2, 0) is 4.79 Å². The van der Waals surface area contributed by atoms with Gasteiger partial charge in [-0.3, -0.25) is 4.79 Å². The second-order valence-electron chi connectivity index (χ2n) is 7.75. The van der Waals surface area contributed by atoms with E-state index in [1.54, 1.807) is 0 Å². The maximum atomic E-state index is 12.2. The van der Waals surface area contributed by atoms with Crippen LogP contribution in [0.2, 0.25) is 0 Å². The van der Waals surface area contributed by atoms with E-state index >= 15 is 0 Å². The highest BCUT2D eigenvalue weighted by atomic mass is 35.5. The van der Waals surface area contributed by atoms with Gasteiger partial charge in [0.15, 0.2) is 0 Å². The number of H-pyrrole nitrogens is 1. The van der Waals surface area contributed by atoms with Crippen molar-refractivity contribution in [2.45, 2.75) is 51.5 Å². The largest absolute Gasteiger partial charge is 0.369 e. The Balaban J connectivity index is 0.00000196. The van der Waals surface area contributed by atoms with Crippen molar-refractivity contribution in [1.82, 2.24) is 9.97 Å². The Morgan fingerprint density at radius 1 is 1.38 bits per heavy atom. The molecule has 6 nitrogen and oxygen atoms in total. The zero-order chi connectivity index (χ0) is 17.6. The Hall–Kier alpha value is -1.79. The van der Waals surface area contributed by atoms with Gasteiger partial charge in [-0.15, -0.1) is 12.4 Å². The predicted octanol–water partition coefficient (Wildman–Crippen LogP) is 3.38. The summed E-state index contributed by atoms with van der Waals surface area (Å²) in [5.41, 5.74) is 10.4. The maximum Gasteiger partial charge on any atom is 0.226 e. The molecule has 1 saturated carbocycles. The number of carbonyl (C=O) groups excluding carboxylic acids is 1. The summed E-state index contributed by atoms with van der Waals surface area (Å²) in [4.78, 5) is 22.5. The molecule has 1 saturated heterocycles. The molecule has 4 rings (SSSR count). The molecular formula is C19H28ClN5O. The molecule has 2 fully saturated rings. The topological polar surface area (TPSA) is 87.0 Å².